The third-order valence-electron chi connectivity index (χ3n) is 6.60. The van der Waals surface area contributed by atoms with Gasteiger partial charge in [0, 0.05) is 42.5 Å². The fourth-order valence-corrected chi connectivity index (χ4v) is 4.98. The van der Waals surface area contributed by atoms with Crippen molar-refractivity contribution >= 4 is 51.8 Å². The molecule has 1 aliphatic rings. The van der Waals surface area contributed by atoms with Gasteiger partial charge in [-0.3, -0.25) is 4.57 Å². The van der Waals surface area contributed by atoms with Gasteiger partial charge in [-0.2, -0.15) is 0 Å². The van der Waals surface area contributed by atoms with E-state index in [1.165, 1.54) is 12.1 Å². The van der Waals surface area contributed by atoms with E-state index in [1.54, 1.807) is 18.5 Å². The first-order valence-corrected chi connectivity index (χ1v) is 13.1. The molecule has 3 aromatic carbocycles. The molecule has 1 aliphatic heterocycles. The summed E-state index contributed by atoms with van der Waals surface area (Å²) in [6.07, 6.45) is 1.55. The van der Waals surface area contributed by atoms with E-state index in [4.69, 9.17) is 33.9 Å². The summed E-state index contributed by atoms with van der Waals surface area (Å²) in [6.45, 7) is 2.58. The number of rotatable bonds is 4. The molecule has 196 valence electrons. The van der Waals surface area contributed by atoms with Crippen LogP contribution in [0.1, 0.15) is 0 Å². The second-order valence-electron chi connectivity index (χ2n) is 9.02. The lowest BCUT2D eigenvalue weighted by Crippen LogP contribution is -2.51. The molecular weight excluding hydrogens is 538 g/mol. The summed E-state index contributed by atoms with van der Waals surface area (Å²) in [5, 5.41) is 1.22. The van der Waals surface area contributed by atoms with Gasteiger partial charge in [-0.1, -0.05) is 35.3 Å². The Morgan fingerprint density at radius 1 is 0.872 bits per heavy atom. The molecule has 11 heteroatoms. The number of hydrogen-bond acceptors (Lipinski definition) is 5. The van der Waals surface area contributed by atoms with Crippen LogP contribution < -0.4 is 10.6 Å². The zero-order valence-corrected chi connectivity index (χ0v) is 22.2. The monoisotopic (exact) mass is 560 g/mol. The maximum atomic E-state index is 13.2. The van der Waals surface area contributed by atoms with Crippen molar-refractivity contribution in [3.05, 3.63) is 95.0 Å². The van der Waals surface area contributed by atoms with Crippen molar-refractivity contribution in [2.75, 3.05) is 31.1 Å². The summed E-state index contributed by atoms with van der Waals surface area (Å²) < 4.78 is 15.2. The molecule has 0 radical (unpaired) electrons. The van der Waals surface area contributed by atoms with Gasteiger partial charge in [0.05, 0.1) is 10.7 Å². The Bertz CT molecular complexity index is 1660. The molecule has 1 saturated heterocycles. The van der Waals surface area contributed by atoms with Crippen molar-refractivity contribution in [3.8, 4) is 17.1 Å². The highest BCUT2D eigenvalue weighted by Crippen LogP contribution is 2.35. The van der Waals surface area contributed by atoms with Crippen LogP contribution in [-0.2, 0) is 0 Å². The number of hydrogen-bond donors (Lipinski definition) is 1. The highest BCUT2D eigenvalue weighted by Gasteiger charge is 2.25. The van der Waals surface area contributed by atoms with Crippen molar-refractivity contribution in [3.63, 3.8) is 0 Å². The first-order chi connectivity index (χ1) is 19.0. The number of halogens is 3. The molecule has 0 unspecified atom stereocenters. The fourth-order valence-electron chi connectivity index (χ4n) is 4.64. The number of fused-ring (bicyclic) bond motifs is 1. The lowest BCUT2D eigenvalue weighted by molar-refractivity contribution is 0.381. The van der Waals surface area contributed by atoms with Gasteiger partial charge in [-0.15, -0.1) is 0 Å². The van der Waals surface area contributed by atoms with Gasteiger partial charge < -0.3 is 15.5 Å². The summed E-state index contributed by atoms with van der Waals surface area (Å²) in [7, 11) is 0. The molecule has 0 aliphatic carbocycles. The maximum Gasteiger partial charge on any atom is 0.196 e. The molecule has 1 fully saturated rings. The second-order valence-corrected chi connectivity index (χ2v) is 9.86. The molecule has 2 aromatic heterocycles. The third-order valence-corrected chi connectivity index (χ3v) is 7.18. The fraction of sp³-hybridized carbons (Fsp3) is 0.143. The topological polar surface area (TPSA) is 88.5 Å². The Morgan fingerprint density at radius 3 is 2.31 bits per heavy atom. The third kappa shape index (κ3) is 4.98. The molecule has 3 heterocycles. The van der Waals surface area contributed by atoms with Gasteiger partial charge >= 0.3 is 0 Å². The van der Waals surface area contributed by atoms with E-state index in [-0.39, 0.29) is 5.82 Å². The molecule has 8 nitrogen and oxygen atoms in total. The van der Waals surface area contributed by atoms with Crippen molar-refractivity contribution < 1.29 is 4.39 Å². The summed E-state index contributed by atoms with van der Waals surface area (Å²) in [5.41, 5.74) is 9.85. The van der Waals surface area contributed by atoms with Crippen molar-refractivity contribution in [2.24, 2.45) is 10.7 Å². The summed E-state index contributed by atoms with van der Waals surface area (Å²) in [5.74, 6) is 1.47. The minimum atomic E-state index is -0.312. The molecule has 0 saturated carbocycles. The molecule has 0 spiro atoms. The average molecular weight is 561 g/mol. The first-order valence-electron chi connectivity index (χ1n) is 12.3. The highest BCUT2D eigenvalue weighted by molar-refractivity contribution is 6.33. The van der Waals surface area contributed by atoms with Gasteiger partial charge in [0.1, 0.15) is 18.0 Å². The number of guanidine groups is 1. The van der Waals surface area contributed by atoms with Crippen LogP contribution in [-0.4, -0.2) is 56.6 Å². The Balaban J connectivity index is 1.35. The van der Waals surface area contributed by atoms with Crippen LogP contribution >= 0.6 is 23.2 Å². The van der Waals surface area contributed by atoms with Crippen molar-refractivity contribution in [2.45, 2.75) is 0 Å². The number of aliphatic imine (C=N–C) groups is 1. The van der Waals surface area contributed by atoms with Crippen LogP contribution in [0.25, 0.3) is 28.2 Å². The standard InChI is InChI=1S/C28H23Cl2FN8/c29-18-5-11-21(12-6-18)39-25(22-3-1-2-4-23(22)30)36-24-26(33-17-34-27(24)39)37-13-15-38(16-14-37)28(32)35-20-9-7-19(31)8-10-20/h1-12,17H,13-16H2,(H2,32,35). The molecule has 6 rings (SSSR count). The first kappa shape index (κ1) is 25.1. The number of nitrogens with zero attached hydrogens (tertiary/aromatic N) is 7. The van der Waals surface area contributed by atoms with Crippen molar-refractivity contribution in [1.82, 2.24) is 24.4 Å². The summed E-state index contributed by atoms with van der Waals surface area (Å²) in [6, 6.07) is 21.0. The van der Waals surface area contributed by atoms with Crippen LogP contribution in [0.15, 0.2) is 84.1 Å². The largest absolute Gasteiger partial charge is 0.369 e. The molecule has 2 N–H and O–H groups in total. The Hall–Kier alpha value is -4.21. The van der Waals surface area contributed by atoms with E-state index in [0.29, 0.717) is 64.9 Å². The number of piperazine rings is 1. The second kappa shape index (κ2) is 10.5. The van der Waals surface area contributed by atoms with Crippen LogP contribution in [0.5, 0.6) is 0 Å². The highest BCUT2D eigenvalue weighted by atomic mass is 35.5. The predicted molar refractivity (Wildman–Crippen MR) is 154 cm³/mol. The predicted octanol–water partition coefficient (Wildman–Crippen LogP) is 5.70. The quantitative estimate of drug-likeness (QED) is 0.224. The van der Waals surface area contributed by atoms with Gasteiger partial charge in [0.15, 0.2) is 22.9 Å². The minimum absolute atomic E-state index is 0.312. The van der Waals surface area contributed by atoms with Crippen molar-refractivity contribution in [1.29, 1.82) is 0 Å². The molecular formula is C28H23Cl2FN8. The Kier molecular flexibility index (Phi) is 6.76. The minimum Gasteiger partial charge on any atom is -0.369 e. The number of anilines is 1. The lowest BCUT2D eigenvalue weighted by Gasteiger charge is -2.35. The number of benzene rings is 3. The van der Waals surface area contributed by atoms with Crippen LogP contribution in [0.4, 0.5) is 15.9 Å². The SMILES string of the molecule is NC(=Nc1ccc(F)cc1)N1CCN(c2ncnc3c2nc(-c2ccccc2Cl)n3-c2ccc(Cl)cc2)CC1. The average Bonchev–Trinajstić information content (AvgIpc) is 3.34. The molecule has 39 heavy (non-hydrogen) atoms. The smallest absolute Gasteiger partial charge is 0.196 e. The van der Waals surface area contributed by atoms with Crippen LogP contribution in [0, 0.1) is 5.82 Å². The number of nitrogens with two attached hydrogens (primary N) is 1. The summed E-state index contributed by atoms with van der Waals surface area (Å²) in [4.78, 5) is 22.9. The maximum absolute atomic E-state index is 13.2. The van der Waals surface area contributed by atoms with E-state index in [2.05, 4.69) is 19.9 Å². The Morgan fingerprint density at radius 2 is 1.59 bits per heavy atom. The van der Waals surface area contributed by atoms with E-state index < -0.39 is 0 Å². The van der Waals surface area contributed by atoms with Crippen LogP contribution in [0.3, 0.4) is 0 Å². The lowest BCUT2D eigenvalue weighted by atomic mass is 10.2. The number of aromatic nitrogens is 4. The van der Waals surface area contributed by atoms with Gasteiger partial charge in [-0.25, -0.2) is 24.3 Å². The van der Waals surface area contributed by atoms with E-state index >= 15 is 0 Å². The summed E-state index contributed by atoms with van der Waals surface area (Å²) >= 11 is 12.8. The van der Waals surface area contributed by atoms with E-state index in [9.17, 15) is 4.39 Å². The van der Waals surface area contributed by atoms with E-state index in [1.807, 2.05) is 58.0 Å². The van der Waals surface area contributed by atoms with Gasteiger partial charge in [0.2, 0.25) is 0 Å². The van der Waals surface area contributed by atoms with Crippen LogP contribution in [0.2, 0.25) is 10.0 Å². The zero-order chi connectivity index (χ0) is 26.9. The van der Waals surface area contributed by atoms with Gasteiger partial charge in [0.25, 0.3) is 0 Å². The zero-order valence-electron chi connectivity index (χ0n) is 20.7. The molecule has 0 bridgehead atoms. The number of imidazole rings is 1. The van der Waals surface area contributed by atoms with E-state index in [0.717, 1.165) is 17.1 Å². The molecule has 5 aromatic rings. The Labute approximate surface area is 234 Å². The molecule has 0 amide bonds. The molecule has 0 atom stereocenters. The normalized spacial score (nSPS) is 14.3. The van der Waals surface area contributed by atoms with Gasteiger partial charge in [-0.05, 0) is 60.7 Å².